The number of benzene rings is 1. The highest BCUT2D eigenvalue weighted by Gasteiger charge is 2.65. The van der Waals surface area contributed by atoms with Gasteiger partial charge in [0.2, 0.25) is 0 Å². The van der Waals surface area contributed by atoms with Gasteiger partial charge in [-0.15, -0.1) is 0 Å². The first kappa shape index (κ1) is 13.6. The van der Waals surface area contributed by atoms with Crippen LogP contribution in [0.3, 0.4) is 0 Å². The zero-order chi connectivity index (χ0) is 15.7. The minimum absolute atomic E-state index is 0.140. The lowest BCUT2D eigenvalue weighted by Crippen LogP contribution is -2.38. The normalized spacial score (nSPS) is 28.0. The highest BCUT2D eigenvalue weighted by Crippen LogP contribution is 2.65. The minimum atomic E-state index is -0.576. The van der Waals surface area contributed by atoms with Gasteiger partial charge in [-0.2, -0.15) is 10.2 Å². The first-order chi connectivity index (χ1) is 10.4. The predicted molar refractivity (Wildman–Crippen MR) is 80.9 cm³/mol. The maximum Gasteiger partial charge on any atom is 0.145 e. The molecule has 1 aromatic carbocycles. The van der Waals surface area contributed by atoms with E-state index in [0.29, 0.717) is 17.7 Å². The van der Waals surface area contributed by atoms with Gasteiger partial charge in [-0.1, -0.05) is 26.0 Å². The van der Waals surface area contributed by atoms with E-state index in [9.17, 15) is 9.18 Å². The van der Waals surface area contributed by atoms with Crippen LogP contribution < -0.4 is 0 Å². The molecular weight excluding hydrogens is 279 g/mol. The molecule has 2 atom stereocenters. The lowest BCUT2D eigenvalue weighted by molar-refractivity contribution is -0.123. The molecule has 0 amide bonds. The highest BCUT2D eigenvalue weighted by molar-refractivity contribution is 5.97. The molecule has 112 valence electrons. The molecule has 2 bridgehead atoms. The van der Waals surface area contributed by atoms with Crippen LogP contribution in [0.15, 0.2) is 30.3 Å². The van der Waals surface area contributed by atoms with Gasteiger partial charge in [0.1, 0.15) is 11.6 Å². The van der Waals surface area contributed by atoms with E-state index in [1.807, 2.05) is 13.0 Å². The van der Waals surface area contributed by atoms with Gasteiger partial charge in [-0.25, -0.2) is 4.39 Å². The van der Waals surface area contributed by atoms with Gasteiger partial charge in [0.25, 0.3) is 0 Å². The van der Waals surface area contributed by atoms with Crippen LogP contribution in [-0.2, 0) is 10.2 Å². The summed E-state index contributed by atoms with van der Waals surface area (Å²) in [6.45, 7) is 6.21. The average molecular weight is 296 g/mol. The van der Waals surface area contributed by atoms with E-state index in [4.69, 9.17) is 0 Å². The van der Waals surface area contributed by atoms with Crippen LogP contribution in [0.2, 0.25) is 0 Å². The minimum Gasteiger partial charge on any atom is -0.299 e. The van der Waals surface area contributed by atoms with Gasteiger partial charge < -0.3 is 0 Å². The summed E-state index contributed by atoms with van der Waals surface area (Å²) in [4.78, 5) is 12.4. The number of halogens is 1. The SMILES string of the molecule is CC1(C)[C@@H]2CC(=O)[C@@]1(C)c1nnc(-c3ccccc3F)cc12. The van der Waals surface area contributed by atoms with Gasteiger partial charge >= 0.3 is 0 Å². The van der Waals surface area contributed by atoms with Crippen LogP contribution in [-0.4, -0.2) is 16.0 Å². The van der Waals surface area contributed by atoms with Crippen molar-refractivity contribution in [1.82, 2.24) is 10.2 Å². The van der Waals surface area contributed by atoms with E-state index in [1.165, 1.54) is 6.07 Å². The second kappa shape index (κ2) is 4.00. The number of rotatable bonds is 1. The monoisotopic (exact) mass is 296 g/mol. The molecule has 1 heterocycles. The fraction of sp³-hybridized carbons (Fsp3) is 0.389. The third-order valence-electron chi connectivity index (χ3n) is 5.93. The molecule has 0 radical (unpaired) electrons. The van der Waals surface area contributed by atoms with Crippen molar-refractivity contribution in [2.24, 2.45) is 5.41 Å². The van der Waals surface area contributed by atoms with Crippen LogP contribution in [0, 0.1) is 11.2 Å². The van der Waals surface area contributed by atoms with Crippen LogP contribution >= 0.6 is 0 Å². The summed E-state index contributed by atoms with van der Waals surface area (Å²) in [6.07, 6.45) is 0.541. The Morgan fingerprint density at radius 1 is 1.18 bits per heavy atom. The summed E-state index contributed by atoms with van der Waals surface area (Å²) in [5, 5.41) is 8.54. The molecule has 2 aromatic rings. The van der Waals surface area contributed by atoms with Crippen molar-refractivity contribution in [2.45, 2.75) is 38.5 Å². The Hall–Kier alpha value is -2.10. The lowest BCUT2D eigenvalue weighted by Gasteiger charge is -2.32. The topological polar surface area (TPSA) is 42.9 Å². The second-order valence-electron chi connectivity index (χ2n) is 7.04. The highest BCUT2D eigenvalue weighted by atomic mass is 19.1. The molecule has 1 fully saturated rings. The van der Waals surface area contributed by atoms with Crippen molar-refractivity contribution in [2.75, 3.05) is 0 Å². The molecule has 2 aliphatic carbocycles. The van der Waals surface area contributed by atoms with Gasteiger partial charge in [-0.3, -0.25) is 4.79 Å². The molecule has 0 N–H and O–H groups in total. The number of Topliss-reactive ketones (excluding diaryl/α,β-unsaturated/α-hetero) is 1. The standard InChI is InChI=1S/C18H17FN2O/c1-17(2)12-9-15(22)18(17,3)16-11(12)8-14(20-21-16)10-6-4-5-7-13(10)19/h4-8,12H,9H2,1-3H3/t12-,18+/m1/s1. The molecule has 0 aliphatic heterocycles. The molecule has 1 aromatic heterocycles. The van der Waals surface area contributed by atoms with E-state index in [2.05, 4.69) is 24.0 Å². The van der Waals surface area contributed by atoms with E-state index in [1.54, 1.807) is 18.2 Å². The molecule has 4 rings (SSSR count). The summed E-state index contributed by atoms with van der Waals surface area (Å²) in [5.74, 6) is 0.0745. The molecule has 0 spiro atoms. The van der Waals surface area contributed by atoms with Crippen molar-refractivity contribution in [3.05, 3.63) is 47.4 Å². The molecular formula is C18H17FN2O. The molecule has 4 heteroatoms. The second-order valence-corrected chi connectivity index (χ2v) is 7.04. The van der Waals surface area contributed by atoms with Crippen molar-refractivity contribution in [1.29, 1.82) is 0 Å². The number of carbonyl (C=O) groups excluding carboxylic acids is 1. The Labute approximate surface area is 128 Å². The van der Waals surface area contributed by atoms with Crippen molar-refractivity contribution < 1.29 is 9.18 Å². The molecule has 2 aliphatic rings. The van der Waals surface area contributed by atoms with E-state index in [-0.39, 0.29) is 22.9 Å². The van der Waals surface area contributed by atoms with Crippen molar-refractivity contribution in [3.8, 4) is 11.3 Å². The summed E-state index contributed by atoms with van der Waals surface area (Å²) in [7, 11) is 0. The molecule has 3 nitrogen and oxygen atoms in total. The number of nitrogens with zero attached hydrogens (tertiary/aromatic N) is 2. The van der Waals surface area contributed by atoms with Crippen molar-refractivity contribution in [3.63, 3.8) is 0 Å². The van der Waals surface area contributed by atoms with E-state index >= 15 is 0 Å². The predicted octanol–water partition coefficient (Wildman–Crippen LogP) is 3.64. The Kier molecular flexibility index (Phi) is 2.47. The van der Waals surface area contributed by atoms with Crippen LogP contribution in [0.1, 0.15) is 44.4 Å². The van der Waals surface area contributed by atoms with Crippen LogP contribution in [0.25, 0.3) is 11.3 Å². The Bertz CT molecular complexity index is 814. The number of carbonyl (C=O) groups is 1. The average Bonchev–Trinajstić information content (AvgIpc) is 2.77. The fourth-order valence-corrected chi connectivity index (χ4v) is 4.15. The quantitative estimate of drug-likeness (QED) is 0.807. The Morgan fingerprint density at radius 2 is 1.91 bits per heavy atom. The van der Waals surface area contributed by atoms with Gasteiger partial charge in [0.05, 0.1) is 16.8 Å². The maximum absolute atomic E-state index is 14.0. The number of hydrogen-bond donors (Lipinski definition) is 0. The largest absolute Gasteiger partial charge is 0.299 e. The Morgan fingerprint density at radius 3 is 2.64 bits per heavy atom. The number of fused-ring (bicyclic) bond motifs is 5. The van der Waals surface area contributed by atoms with Gasteiger partial charge in [-0.05, 0) is 42.0 Å². The molecule has 22 heavy (non-hydrogen) atoms. The van der Waals surface area contributed by atoms with E-state index < -0.39 is 5.41 Å². The molecule has 1 saturated carbocycles. The smallest absolute Gasteiger partial charge is 0.145 e. The fourth-order valence-electron chi connectivity index (χ4n) is 4.15. The lowest BCUT2D eigenvalue weighted by atomic mass is 9.69. The third kappa shape index (κ3) is 1.38. The number of hydrogen-bond acceptors (Lipinski definition) is 3. The third-order valence-corrected chi connectivity index (χ3v) is 5.93. The van der Waals surface area contributed by atoms with Crippen LogP contribution in [0.5, 0.6) is 0 Å². The molecule has 0 saturated heterocycles. The zero-order valence-corrected chi connectivity index (χ0v) is 12.9. The first-order valence-corrected chi connectivity index (χ1v) is 7.53. The maximum atomic E-state index is 14.0. The first-order valence-electron chi connectivity index (χ1n) is 7.53. The summed E-state index contributed by atoms with van der Waals surface area (Å²) in [6, 6.07) is 8.49. The summed E-state index contributed by atoms with van der Waals surface area (Å²) in [5.41, 5.74) is 2.08. The summed E-state index contributed by atoms with van der Waals surface area (Å²) < 4.78 is 14.0. The summed E-state index contributed by atoms with van der Waals surface area (Å²) >= 11 is 0. The Balaban J connectivity index is 1.92. The van der Waals surface area contributed by atoms with Crippen molar-refractivity contribution >= 4 is 5.78 Å². The number of ketones is 1. The zero-order valence-electron chi connectivity index (χ0n) is 12.9. The van der Waals surface area contributed by atoms with Gasteiger partial charge in [0, 0.05) is 12.0 Å². The molecule has 0 unspecified atom stereocenters. The van der Waals surface area contributed by atoms with Gasteiger partial charge in [0.15, 0.2) is 0 Å². The number of aromatic nitrogens is 2. The van der Waals surface area contributed by atoms with Crippen LogP contribution in [0.4, 0.5) is 4.39 Å². The van der Waals surface area contributed by atoms with E-state index in [0.717, 1.165) is 11.3 Å².